The maximum atomic E-state index is 12.6. The van der Waals surface area contributed by atoms with Crippen LogP contribution in [0.5, 0.6) is 11.5 Å². The average Bonchev–Trinajstić information content (AvgIpc) is 3.23. The summed E-state index contributed by atoms with van der Waals surface area (Å²) in [5.41, 5.74) is 1.27. The van der Waals surface area contributed by atoms with Crippen LogP contribution in [0.1, 0.15) is 5.56 Å². The van der Waals surface area contributed by atoms with Crippen molar-refractivity contribution in [2.24, 2.45) is 0 Å². The lowest BCUT2D eigenvalue weighted by molar-refractivity contribution is -0.122. The van der Waals surface area contributed by atoms with Gasteiger partial charge in [-0.1, -0.05) is 6.58 Å². The van der Waals surface area contributed by atoms with E-state index >= 15 is 0 Å². The summed E-state index contributed by atoms with van der Waals surface area (Å²) >= 11 is 1.47. The third kappa shape index (κ3) is 6.08. The molecule has 2 amide bonds. The molecule has 0 aliphatic carbocycles. The molecule has 0 spiro atoms. The highest BCUT2D eigenvalue weighted by Crippen LogP contribution is 2.31. The predicted octanol–water partition coefficient (Wildman–Crippen LogP) is 1.02. The van der Waals surface area contributed by atoms with E-state index < -0.39 is 24.9 Å². The molecule has 8 nitrogen and oxygen atoms in total. The normalized spacial score (nSPS) is 11.3. The van der Waals surface area contributed by atoms with Crippen molar-refractivity contribution in [1.29, 1.82) is 0 Å². The van der Waals surface area contributed by atoms with Gasteiger partial charge in [-0.25, -0.2) is 0 Å². The number of benzene rings is 1. The van der Waals surface area contributed by atoms with Gasteiger partial charge in [-0.3, -0.25) is 14.5 Å². The fourth-order valence-electron chi connectivity index (χ4n) is 2.69. The van der Waals surface area contributed by atoms with Gasteiger partial charge in [-0.15, -0.1) is 0 Å². The van der Waals surface area contributed by atoms with E-state index in [-0.39, 0.29) is 13.0 Å². The molecule has 0 fully saturated rings. The minimum absolute atomic E-state index is 0.249. The van der Waals surface area contributed by atoms with Crippen LogP contribution in [0.2, 0.25) is 0 Å². The minimum Gasteiger partial charge on any atom is -0.493 e. The average molecular weight is 418 g/mol. The van der Waals surface area contributed by atoms with Crippen LogP contribution >= 0.6 is 11.3 Å². The number of ether oxygens (including phenoxy) is 2. The number of rotatable bonds is 10. The summed E-state index contributed by atoms with van der Waals surface area (Å²) in [6.07, 6.45) is 1.34. The fraction of sp³-hybridized carbons (Fsp3) is 0.263. The molecule has 0 aliphatic rings. The van der Waals surface area contributed by atoms with Gasteiger partial charge in [0.05, 0.1) is 20.2 Å². The van der Waals surface area contributed by atoms with Crippen molar-refractivity contribution in [1.82, 2.24) is 5.32 Å². The lowest BCUT2D eigenvalue weighted by Gasteiger charge is -2.24. The summed E-state index contributed by atoms with van der Waals surface area (Å²) in [7, 11) is 1.21. The van der Waals surface area contributed by atoms with Crippen LogP contribution in [0.25, 0.3) is 0 Å². The molecule has 1 unspecified atom stereocenters. The first-order chi connectivity index (χ1) is 13.9. The van der Waals surface area contributed by atoms with Gasteiger partial charge in [-0.05, 0) is 47.0 Å². The Kier molecular flexibility index (Phi) is 8.26. The Morgan fingerprint density at radius 2 is 2.00 bits per heavy atom. The summed E-state index contributed by atoms with van der Waals surface area (Å²) in [5.74, 6) is -1.09. The van der Waals surface area contributed by atoms with E-state index in [1.54, 1.807) is 18.2 Å². The SMILES string of the molecule is C=CC(=O)N(CC(=O)NC(Cc1ccsc1)B(O)O)c1ccc(OC)c(OC)c1. The Labute approximate surface area is 173 Å². The highest BCUT2D eigenvalue weighted by Gasteiger charge is 2.27. The van der Waals surface area contributed by atoms with Gasteiger partial charge >= 0.3 is 7.12 Å². The van der Waals surface area contributed by atoms with Crippen molar-refractivity contribution in [3.05, 3.63) is 53.2 Å². The van der Waals surface area contributed by atoms with Gasteiger partial charge < -0.3 is 24.8 Å². The third-order valence-corrected chi connectivity index (χ3v) is 4.90. The highest BCUT2D eigenvalue weighted by molar-refractivity contribution is 7.07. The quantitative estimate of drug-likeness (QED) is 0.393. The number of nitrogens with zero attached hydrogens (tertiary/aromatic N) is 1. The number of nitrogens with one attached hydrogen (secondary N) is 1. The largest absolute Gasteiger partial charge is 0.493 e. The predicted molar refractivity (Wildman–Crippen MR) is 112 cm³/mol. The van der Waals surface area contributed by atoms with E-state index in [1.807, 2.05) is 16.8 Å². The second-order valence-electron chi connectivity index (χ2n) is 6.09. The van der Waals surface area contributed by atoms with Crippen LogP contribution in [0.4, 0.5) is 5.69 Å². The fourth-order valence-corrected chi connectivity index (χ4v) is 3.37. The molecule has 0 radical (unpaired) electrons. The number of hydrogen-bond donors (Lipinski definition) is 3. The Balaban J connectivity index is 2.17. The second-order valence-corrected chi connectivity index (χ2v) is 6.87. The maximum absolute atomic E-state index is 12.6. The molecule has 0 aliphatic heterocycles. The Morgan fingerprint density at radius 3 is 2.55 bits per heavy atom. The van der Waals surface area contributed by atoms with Crippen LogP contribution in [0.3, 0.4) is 0 Å². The number of thiophene rings is 1. The molecule has 2 aromatic rings. The summed E-state index contributed by atoms with van der Waals surface area (Å²) in [4.78, 5) is 26.1. The molecule has 10 heteroatoms. The number of methoxy groups -OCH3 is 2. The second kappa shape index (κ2) is 10.7. The Hall–Kier alpha value is -2.82. The molecule has 1 aromatic heterocycles. The molecule has 154 valence electrons. The van der Waals surface area contributed by atoms with Crippen molar-refractivity contribution in [3.8, 4) is 11.5 Å². The summed E-state index contributed by atoms with van der Waals surface area (Å²) in [6, 6.07) is 6.63. The number of carbonyl (C=O) groups is 2. The first-order valence-electron chi connectivity index (χ1n) is 8.72. The van der Waals surface area contributed by atoms with E-state index in [4.69, 9.17) is 9.47 Å². The minimum atomic E-state index is -1.75. The summed E-state index contributed by atoms with van der Waals surface area (Å²) in [6.45, 7) is 3.13. The van der Waals surface area contributed by atoms with E-state index in [2.05, 4.69) is 11.9 Å². The number of carbonyl (C=O) groups excluding carboxylic acids is 2. The lowest BCUT2D eigenvalue weighted by Crippen LogP contribution is -2.51. The molecule has 1 aromatic carbocycles. The third-order valence-electron chi connectivity index (χ3n) is 4.16. The summed E-state index contributed by atoms with van der Waals surface area (Å²) < 4.78 is 10.4. The molecular formula is C19H23BN2O6S. The Morgan fingerprint density at radius 1 is 1.28 bits per heavy atom. The van der Waals surface area contributed by atoms with Crippen LogP contribution in [-0.4, -0.2) is 55.7 Å². The van der Waals surface area contributed by atoms with Crippen LogP contribution in [-0.2, 0) is 16.0 Å². The molecule has 2 rings (SSSR count). The molecule has 1 heterocycles. The topological polar surface area (TPSA) is 108 Å². The zero-order valence-corrected chi connectivity index (χ0v) is 17.0. The molecule has 0 saturated carbocycles. The molecule has 0 bridgehead atoms. The van der Waals surface area contributed by atoms with E-state index in [0.29, 0.717) is 17.2 Å². The zero-order valence-electron chi connectivity index (χ0n) is 16.2. The molecule has 3 N–H and O–H groups in total. The van der Waals surface area contributed by atoms with Crippen molar-refractivity contribution in [3.63, 3.8) is 0 Å². The van der Waals surface area contributed by atoms with E-state index in [9.17, 15) is 19.6 Å². The number of anilines is 1. The maximum Gasteiger partial charge on any atom is 0.475 e. The van der Waals surface area contributed by atoms with Crippen LogP contribution in [0.15, 0.2) is 47.7 Å². The first kappa shape index (κ1) is 22.5. The monoisotopic (exact) mass is 418 g/mol. The molecule has 0 saturated heterocycles. The number of amides is 2. The van der Waals surface area contributed by atoms with Crippen molar-refractivity contribution in [2.45, 2.75) is 12.4 Å². The first-order valence-corrected chi connectivity index (χ1v) is 9.66. The van der Waals surface area contributed by atoms with Crippen molar-refractivity contribution in [2.75, 3.05) is 25.7 Å². The van der Waals surface area contributed by atoms with E-state index in [1.165, 1.54) is 30.5 Å². The zero-order chi connectivity index (χ0) is 21.4. The van der Waals surface area contributed by atoms with Gasteiger partial charge in [-0.2, -0.15) is 11.3 Å². The molecular weight excluding hydrogens is 395 g/mol. The molecule has 1 atom stereocenters. The number of hydrogen-bond acceptors (Lipinski definition) is 7. The van der Waals surface area contributed by atoms with E-state index in [0.717, 1.165) is 11.6 Å². The Bertz CT molecular complexity index is 843. The van der Waals surface area contributed by atoms with Gasteiger partial charge in [0.15, 0.2) is 11.5 Å². The van der Waals surface area contributed by atoms with Crippen molar-refractivity contribution < 1.29 is 29.1 Å². The van der Waals surface area contributed by atoms with Gasteiger partial charge in [0, 0.05) is 11.8 Å². The smallest absolute Gasteiger partial charge is 0.475 e. The molecule has 29 heavy (non-hydrogen) atoms. The lowest BCUT2D eigenvalue weighted by atomic mass is 9.76. The standard InChI is InChI=1S/C19H23BN2O6S/c1-4-19(24)22(14-5-6-15(27-2)16(10-14)28-3)11-18(23)21-17(20(25)26)9-13-7-8-29-12-13/h4-8,10,12,17,25-26H,1,9,11H2,2-3H3,(H,21,23). The van der Waals surface area contributed by atoms with Crippen LogP contribution < -0.4 is 19.7 Å². The van der Waals surface area contributed by atoms with Crippen molar-refractivity contribution >= 4 is 36.0 Å². The van der Waals surface area contributed by atoms with Gasteiger partial charge in [0.25, 0.3) is 5.91 Å². The highest BCUT2D eigenvalue weighted by atomic mass is 32.1. The van der Waals surface area contributed by atoms with Gasteiger partial charge in [0.2, 0.25) is 5.91 Å². The summed E-state index contributed by atoms with van der Waals surface area (Å²) in [5, 5.41) is 25.5. The van der Waals surface area contributed by atoms with Crippen LogP contribution in [0, 0.1) is 0 Å². The van der Waals surface area contributed by atoms with Gasteiger partial charge in [0.1, 0.15) is 6.54 Å².